The van der Waals surface area contributed by atoms with Crippen molar-refractivity contribution in [3.05, 3.63) is 34.5 Å². The van der Waals surface area contributed by atoms with Crippen LogP contribution in [0.25, 0.3) is 10.9 Å². The van der Waals surface area contributed by atoms with E-state index in [4.69, 9.17) is 0 Å². The van der Waals surface area contributed by atoms with Gasteiger partial charge in [0, 0.05) is 16.6 Å². The second-order valence-electron chi connectivity index (χ2n) is 4.80. The summed E-state index contributed by atoms with van der Waals surface area (Å²) < 4.78 is 0. The van der Waals surface area contributed by atoms with Crippen molar-refractivity contribution in [1.82, 2.24) is 4.98 Å². The zero-order valence-electron chi connectivity index (χ0n) is 9.84. The summed E-state index contributed by atoms with van der Waals surface area (Å²) in [4.78, 5) is 14.4. The Labute approximate surface area is 99.5 Å². The number of carboxylic acid groups (broad SMARTS) is 1. The molecule has 3 nitrogen and oxygen atoms in total. The molecule has 0 unspecified atom stereocenters. The van der Waals surface area contributed by atoms with Crippen LogP contribution in [0.4, 0.5) is 0 Å². The molecule has 0 fully saturated rings. The molecule has 0 spiro atoms. The maximum absolute atomic E-state index is 11.2. The maximum Gasteiger partial charge on any atom is 0.338 e. The first-order valence-corrected chi connectivity index (χ1v) is 6.04. The molecule has 0 atom stereocenters. The molecule has 0 bridgehead atoms. The van der Waals surface area contributed by atoms with Gasteiger partial charge >= 0.3 is 5.97 Å². The molecular weight excluding hydrogens is 214 g/mol. The molecule has 1 aliphatic carbocycles. The summed E-state index contributed by atoms with van der Waals surface area (Å²) in [6, 6.07) is 4.19. The number of nitrogens with one attached hydrogen (secondary N) is 1. The maximum atomic E-state index is 11.2. The van der Waals surface area contributed by atoms with Crippen molar-refractivity contribution in [3.8, 4) is 0 Å². The number of carbonyl (C=O) groups is 1. The monoisotopic (exact) mass is 229 g/mol. The van der Waals surface area contributed by atoms with Crippen LogP contribution in [-0.4, -0.2) is 16.1 Å². The molecule has 1 aliphatic rings. The highest BCUT2D eigenvalue weighted by atomic mass is 16.4. The molecule has 2 aromatic rings. The Balaban J connectivity index is 2.30. The van der Waals surface area contributed by atoms with E-state index in [1.165, 1.54) is 24.0 Å². The molecule has 0 aliphatic heterocycles. The number of hydrogen-bond donors (Lipinski definition) is 2. The van der Waals surface area contributed by atoms with Crippen LogP contribution in [0.1, 0.15) is 40.0 Å². The van der Waals surface area contributed by atoms with Gasteiger partial charge in [0.15, 0.2) is 0 Å². The van der Waals surface area contributed by atoms with Gasteiger partial charge in [-0.15, -0.1) is 0 Å². The molecule has 3 heteroatoms. The zero-order chi connectivity index (χ0) is 12.0. The van der Waals surface area contributed by atoms with E-state index in [-0.39, 0.29) is 0 Å². The van der Waals surface area contributed by atoms with E-state index < -0.39 is 5.97 Å². The van der Waals surface area contributed by atoms with Gasteiger partial charge < -0.3 is 10.1 Å². The highest BCUT2D eigenvalue weighted by molar-refractivity contribution is 6.05. The van der Waals surface area contributed by atoms with Gasteiger partial charge in [0.25, 0.3) is 0 Å². The molecule has 0 amide bonds. The number of H-pyrrole nitrogens is 1. The van der Waals surface area contributed by atoms with Crippen LogP contribution in [-0.2, 0) is 12.8 Å². The second kappa shape index (κ2) is 3.62. The third kappa shape index (κ3) is 1.54. The fourth-order valence-corrected chi connectivity index (χ4v) is 2.84. The quantitative estimate of drug-likeness (QED) is 0.789. The van der Waals surface area contributed by atoms with E-state index in [0.717, 1.165) is 29.4 Å². The lowest BCUT2D eigenvalue weighted by Crippen LogP contribution is -2.03. The van der Waals surface area contributed by atoms with Gasteiger partial charge in [-0.25, -0.2) is 4.79 Å². The van der Waals surface area contributed by atoms with Crippen LogP contribution < -0.4 is 0 Å². The van der Waals surface area contributed by atoms with Crippen molar-refractivity contribution in [3.63, 3.8) is 0 Å². The molecule has 3 rings (SSSR count). The van der Waals surface area contributed by atoms with Crippen LogP contribution in [0.15, 0.2) is 12.1 Å². The molecule has 1 heterocycles. The Hall–Kier alpha value is -1.77. The van der Waals surface area contributed by atoms with Crippen molar-refractivity contribution in [2.75, 3.05) is 0 Å². The molecule has 1 aromatic carbocycles. The van der Waals surface area contributed by atoms with Crippen molar-refractivity contribution in [2.24, 2.45) is 0 Å². The predicted octanol–water partition coefficient (Wildman–Crippen LogP) is 3.05. The third-order valence-corrected chi connectivity index (χ3v) is 3.66. The Kier molecular flexibility index (Phi) is 2.21. The molecule has 17 heavy (non-hydrogen) atoms. The average Bonchev–Trinajstić information content (AvgIpc) is 2.60. The fourth-order valence-electron chi connectivity index (χ4n) is 2.84. The Bertz CT molecular complexity index is 610. The third-order valence-electron chi connectivity index (χ3n) is 3.66. The zero-order valence-corrected chi connectivity index (χ0v) is 9.84. The number of carboxylic acids is 1. The largest absolute Gasteiger partial charge is 0.478 e. The second-order valence-corrected chi connectivity index (χ2v) is 4.80. The normalized spacial score (nSPS) is 14.9. The Morgan fingerprint density at radius 1 is 1.24 bits per heavy atom. The van der Waals surface area contributed by atoms with Crippen LogP contribution >= 0.6 is 0 Å². The number of aromatic amines is 1. The SMILES string of the molecule is Cc1[nH]c2cc3c(cc2c1C(=O)O)CCCC3. The van der Waals surface area contributed by atoms with E-state index in [9.17, 15) is 9.90 Å². The van der Waals surface area contributed by atoms with E-state index in [2.05, 4.69) is 17.1 Å². The van der Waals surface area contributed by atoms with Gasteiger partial charge in [-0.2, -0.15) is 0 Å². The first kappa shape index (κ1) is 10.4. The van der Waals surface area contributed by atoms with Gasteiger partial charge in [-0.3, -0.25) is 0 Å². The Morgan fingerprint density at radius 3 is 2.53 bits per heavy atom. The summed E-state index contributed by atoms with van der Waals surface area (Å²) in [7, 11) is 0. The van der Waals surface area contributed by atoms with Crippen LogP contribution in [0, 0.1) is 6.92 Å². The highest BCUT2D eigenvalue weighted by Crippen LogP contribution is 2.29. The Morgan fingerprint density at radius 2 is 1.88 bits per heavy atom. The number of hydrogen-bond acceptors (Lipinski definition) is 1. The fraction of sp³-hybridized carbons (Fsp3) is 0.357. The molecule has 88 valence electrons. The predicted molar refractivity (Wildman–Crippen MR) is 66.6 cm³/mol. The molecule has 2 N–H and O–H groups in total. The number of aromatic nitrogens is 1. The number of aryl methyl sites for hydroxylation is 3. The van der Waals surface area contributed by atoms with Gasteiger partial charge in [0.1, 0.15) is 0 Å². The number of aromatic carboxylic acids is 1. The lowest BCUT2D eigenvalue weighted by molar-refractivity contribution is 0.0698. The lowest BCUT2D eigenvalue weighted by atomic mass is 9.90. The van der Waals surface area contributed by atoms with Crippen molar-refractivity contribution < 1.29 is 9.90 Å². The summed E-state index contributed by atoms with van der Waals surface area (Å²) in [5.74, 6) is -0.843. The van der Waals surface area contributed by atoms with E-state index in [1.54, 1.807) is 0 Å². The van der Waals surface area contributed by atoms with E-state index >= 15 is 0 Å². The molecule has 1 aromatic heterocycles. The summed E-state index contributed by atoms with van der Waals surface area (Å²) >= 11 is 0. The smallest absolute Gasteiger partial charge is 0.338 e. The first-order chi connectivity index (χ1) is 8.16. The minimum Gasteiger partial charge on any atom is -0.478 e. The lowest BCUT2D eigenvalue weighted by Gasteiger charge is -2.15. The van der Waals surface area contributed by atoms with Crippen LogP contribution in [0.2, 0.25) is 0 Å². The average molecular weight is 229 g/mol. The molecule has 0 saturated carbocycles. The van der Waals surface area contributed by atoms with Gasteiger partial charge in [-0.1, -0.05) is 0 Å². The van der Waals surface area contributed by atoms with Crippen molar-refractivity contribution >= 4 is 16.9 Å². The molecular formula is C14H15NO2. The van der Waals surface area contributed by atoms with Gasteiger partial charge in [0.2, 0.25) is 0 Å². The van der Waals surface area contributed by atoms with Crippen molar-refractivity contribution in [2.45, 2.75) is 32.6 Å². The minimum atomic E-state index is -0.843. The first-order valence-electron chi connectivity index (χ1n) is 6.04. The van der Waals surface area contributed by atoms with Crippen molar-refractivity contribution in [1.29, 1.82) is 0 Å². The van der Waals surface area contributed by atoms with Gasteiger partial charge in [-0.05, 0) is 55.9 Å². The van der Waals surface area contributed by atoms with Gasteiger partial charge in [0.05, 0.1) is 5.56 Å². The molecule has 0 saturated heterocycles. The highest BCUT2D eigenvalue weighted by Gasteiger charge is 2.18. The topological polar surface area (TPSA) is 53.1 Å². The summed E-state index contributed by atoms with van der Waals surface area (Å²) in [6.45, 7) is 1.82. The van der Waals surface area contributed by atoms with Crippen LogP contribution in [0.3, 0.4) is 0 Å². The van der Waals surface area contributed by atoms with E-state index in [0.29, 0.717) is 5.56 Å². The number of fused-ring (bicyclic) bond motifs is 2. The van der Waals surface area contributed by atoms with Crippen LogP contribution in [0.5, 0.6) is 0 Å². The number of rotatable bonds is 1. The van der Waals surface area contributed by atoms with E-state index in [1.807, 2.05) is 6.92 Å². The summed E-state index contributed by atoms with van der Waals surface area (Å²) in [5.41, 5.74) is 4.83. The minimum absolute atomic E-state index is 0.424. The standard InChI is InChI=1S/C14H15NO2/c1-8-13(14(16)17)11-6-9-4-2-3-5-10(9)7-12(11)15-8/h6-7,15H,2-5H2,1H3,(H,16,17). The summed E-state index contributed by atoms with van der Waals surface area (Å²) in [5, 5.41) is 10.1. The summed E-state index contributed by atoms with van der Waals surface area (Å²) in [6.07, 6.45) is 4.65. The number of benzene rings is 1. The molecule has 0 radical (unpaired) electrons.